The Morgan fingerprint density at radius 1 is 1.05 bits per heavy atom. The number of nitro groups is 1. The summed E-state index contributed by atoms with van der Waals surface area (Å²) in [6.45, 7) is 0.454. The SMILES string of the molecule is O=C(CN(C(=O)c1ccc(Cl)c([N+](=O)[O-])c1)C1CCCCC1)N(Cc1ccc(F)cc1)Cc1cccs1. The lowest BCUT2D eigenvalue weighted by Crippen LogP contribution is -2.48. The lowest BCUT2D eigenvalue weighted by molar-refractivity contribution is -0.384. The molecule has 194 valence electrons. The summed E-state index contributed by atoms with van der Waals surface area (Å²) in [5.74, 6) is -1.04. The molecule has 0 saturated heterocycles. The minimum absolute atomic E-state index is 0.0525. The van der Waals surface area contributed by atoms with Crippen LogP contribution in [-0.2, 0) is 17.9 Å². The summed E-state index contributed by atoms with van der Waals surface area (Å²) in [7, 11) is 0. The standard InChI is InChI=1S/C27H27ClFN3O4S/c28-24-13-10-20(15-25(24)32(35)36)27(34)31(22-5-2-1-3-6-22)18-26(33)30(17-23-7-4-14-37-23)16-19-8-11-21(29)12-9-19/h4,7-15,22H,1-3,5-6,16-18H2. The van der Waals surface area contributed by atoms with Crippen LogP contribution in [0.4, 0.5) is 10.1 Å². The third-order valence-corrected chi connectivity index (χ3v) is 7.72. The second kappa shape index (κ2) is 12.3. The first-order valence-electron chi connectivity index (χ1n) is 12.1. The predicted molar refractivity (Wildman–Crippen MR) is 141 cm³/mol. The van der Waals surface area contributed by atoms with Gasteiger partial charge in [0.1, 0.15) is 17.4 Å². The Morgan fingerprint density at radius 3 is 2.43 bits per heavy atom. The Morgan fingerprint density at radius 2 is 1.78 bits per heavy atom. The Bertz CT molecular complexity index is 1250. The van der Waals surface area contributed by atoms with Crippen molar-refractivity contribution < 1.29 is 18.9 Å². The van der Waals surface area contributed by atoms with E-state index in [2.05, 4.69) is 0 Å². The van der Waals surface area contributed by atoms with Crippen LogP contribution in [0.2, 0.25) is 5.02 Å². The molecule has 1 aliphatic carbocycles. The highest BCUT2D eigenvalue weighted by molar-refractivity contribution is 7.09. The van der Waals surface area contributed by atoms with Gasteiger partial charge in [-0.05, 0) is 54.1 Å². The van der Waals surface area contributed by atoms with Crippen molar-refractivity contribution in [1.29, 1.82) is 0 Å². The van der Waals surface area contributed by atoms with Crippen molar-refractivity contribution in [1.82, 2.24) is 9.80 Å². The number of nitro benzene ring substituents is 1. The second-order valence-electron chi connectivity index (χ2n) is 9.10. The van der Waals surface area contributed by atoms with Gasteiger partial charge in [-0.3, -0.25) is 19.7 Å². The molecule has 7 nitrogen and oxygen atoms in total. The van der Waals surface area contributed by atoms with Crippen LogP contribution in [0.5, 0.6) is 0 Å². The van der Waals surface area contributed by atoms with Crippen LogP contribution in [0.1, 0.15) is 52.9 Å². The minimum atomic E-state index is -0.624. The molecule has 0 atom stereocenters. The maximum Gasteiger partial charge on any atom is 0.288 e. The van der Waals surface area contributed by atoms with Gasteiger partial charge in [-0.2, -0.15) is 0 Å². The van der Waals surface area contributed by atoms with Gasteiger partial charge in [0, 0.05) is 29.1 Å². The number of hydrogen-bond acceptors (Lipinski definition) is 5. The number of nitrogens with zero attached hydrogens (tertiary/aromatic N) is 3. The molecule has 0 spiro atoms. The fourth-order valence-corrected chi connectivity index (χ4v) is 5.50. The number of halogens is 2. The van der Waals surface area contributed by atoms with Crippen LogP contribution >= 0.6 is 22.9 Å². The van der Waals surface area contributed by atoms with Crippen molar-refractivity contribution in [2.24, 2.45) is 0 Å². The van der Waals surface area contributed by atoms with Gasteiger partial charge >= 0.3 is 0 Å². The van der Waals surface area contributed by atoms with E-state index in [9.17, 15) is 24.1 Å². The summed E-state index contributed by atoms with van der Waals surface area (Å²) in [6.07, 6.45) is 4.47. The van der Waals surface area contributed by atoms with Crippen molar-refractivity contribution in [3.05, 3.63) is 96.9 Å². The molecule has 0 unspecified atom stereocenters. The number of benzene rings is 2. The van der Waals surface area contributed by atoms with Crippen molar-refractivity contribution in [2.75, 3.05) is 6.54 Å². The molecule has 1 heterocycles. The topological polar surface area (TPSA) is 83.8 Å². The predicted octanol–water partition coefficient (Wildman–Crippen LogP) is 6.45. The highest BCUT2D eigenvalue weighted by Crippen LogP contribution is 2.29. The number of hydrogen-bond donors (Lipinski definition) is 0. The number of rotatable bonds is 9. The molecule has 2 aromatic carbocycles. The quantitative estimate of drug-likeness (QED) is 0.229. The van der Waals surface area contributed by atoms with Gasteiger partial charge in [0.15, 0.2) is 0 Å². The zero-order chi connectivity index (χ0) is 26.4. The van der Waals surface area contributed by atoms with E-state index in [-0.39, 0.29) is 47.1 Å². The molecule has 1 fully saturated rings. The zero-order valence-corrected chi connectivity index (χ0v) is 21.7. The first-order chi connectivity index (χ1) is 17.8. The molecule has 4 rings (SSSR count). The molecule has 3 aromatic rings. The summed E-state index contributed by atoms with van der Waals surface area (Å²) in [4.78, 5) is 42.3. The van der Waals surface area contributed by atoms with E-state index >= 15 is 0 Å². The first kappa shape index (κ1) is 26.8. The Balaban J connectivity index is 1.61. The minimum Gasteiger partial charge on any atom is -0.332 e. The summed E-state index contributed by atoms with van der Waals surface area (Å²) in [5.41, 5.74) is 0.547. The lowest BCUT2D eigenvalue weighted by atomic mass is 9.93. The van der Waals surface area contributed by atoms with E-state index in [0.717, 1.165) is 42.5 Å². The average molecular weight is 544 g/mol. The summed E-state index contributed by atoms with van der Waals surface area (Å²) < 4.78 is 13.4. The van der Waals surface area contributed by atoms with Crippen molar-refractivity contribution in [3.8, 4) is 0 Å². The van der Waals surface area contributed by atoms with Gasteiger partial charge in [-0.25, -0.2) is 4.39 Å². The Kier molecular flexibility index (Phi) is 8.89. The van der Waals surface area contributed by atoms with E-state index in [0.29, 0.717) is 6.54 Å². The Hall–Kier alpha value is -3.30. The smallest absolute Gasteiger partial charge is 0.288 e. The largest absolute Gasteiger partial charge is 0.332 e. The molecule has 2 amide bonds. The van der Waals surface area contributed by atoms with Gasteiger partial charge in [0.05, 0.1) is 11.5 Å². The van der Waals surface area contributed by atoms with E-state index in [1.807, 2.05) is 17.5 Å². The monoisotopic (exact) mass is 543 g/mol. The van der Waals surface area contributed by atoms with Crippen molar-refractivity contribution in [2.45, 2.75) is 51.2 Å². The molecule has 1 saturated carbocycles. The highest BCUT2D eigenvalue weighted by Gasteiger charge is 2.31. The fraction of sp³-hybridized carbons (Fsp3) is 0.333. The maximum absolute atomic E-state index is 13.7. The number of thiophene rings is 1. The third-order valence-electron chi connectivity index (χ3n) is 6.54. The van der Waals surface area contributed by atoms with Crippen molar-refractivity contribution >= 4 is 40.4 Å². The number of carbonyl (C=O) groups is 2. The highest BCUT2D eigenvalue weighted by atomic mass is 35.5. The molecule has 37 heavy (non-hydrogen) atoms. The number of amides is 2. The molecule has 0 aliphatic heterocycles. The lowest BCUT2D eigenvalue weighted by Gasteiger charge is -2.35. The molecule has 1 aliphatic rings. The van der Waals surface area contributed by atoms with Crippen LogP contribution in [0.15, 0.2) is 60.0 Å². The number of carbonyl (C=O) groups excluding carboxylic acids is 2. The Labute approximate surface area is 223 Å². The van der Waals surface area contributed by atoms with Crippen LogP contribution in [0, 0.1) is 15.9 Å². The van der Waals surface area contributed by atoms with E-state index in [1.54, 1.807) is 21.9 Å². The molecule has 10 heteroatoms. The second-order valence-corrected chi connectivity index (χ2v) is 10.5. The van der Waals surface area contributed by atoms with Crippen LogP contribution in [0.25, 0.3) is 0 Å². The summed E-state index contributed by atoms with van der Waals surface area (Å²) in [5, 5.41) is 13.3. The average Bonchev–Trinajstić information content (AvgIpc) is 3.41. The van der Waals surface area contributed by atoms with Crippen LogP contribution < -0.4 is 0 Å². The van der Waals surface area contributed by atoms with Crippen LogP contribution in [-0.4, -0.2) is 39.1 Å². The first-order valence-corrected chi connectivity index (χ1v) is 13.4. The van der Waals surface area contributed by atoms with Gasteiger partial charge < -0.3 is 9.80 Å². The molecule has 0 bridgehead atoms. The van der Waals surface area contributed by atoms with Gasteiger partial charge in [-0.1, -0.05) is 49.1 Å². The third kappa shape index (κ3) is 6.93. The van der Waals surface area contributed by atoms with E-state index in [4.69, 9.17) is 11.6 Å². The fourth-order valence-electron chi connectivity index (χ4n) is 4.59. The van der Waals surface area contributed by atoms with Gasteiger partial charge in [-0.15, -0.1) is 11.3 Å². The summed E-state index contributed by atoms with van der Waals surface area (Å²) in [6, 6.07) is 13.7. The maximum atomic E-state index is 13.7. The molecule has 1 aromatic heterocycles. The molecular weight excluding hydrogens is 517 g/mol. The van der Waals surface area contributed by atoms with Gasteiger partial charge in [0.25, 0.3) is 11.6 Å². The molecule has 0 N–H and O–H groups in total. The molecular formula is C27H27ClFN3O4S. The van der Waals surface area contributed by atoms with Crippen LogP contribution in [0.3, 0.4) is 0 Å². The van der Waals surface area contributed by atoms with Gasteiger partial charge in [0.2, 0.25) is 5.91 Å². The van der Waals surface area contributed by atoms with E-state index < -0.39 is 10.8 Å². The van der Waals surface area contributed by atoms with Crippen molar-refractivity contribution in [3.63, 3.8) is 0 Å². The zero-order valence-electron chi connectivity index (χ0n) is 20.1. The normalized spacial score (nSPS) is 13.8. The molecule has 0 radical (unpaired) electrons. The van der Waals surface area contributed by atoms with E-state index in [1.165, 1.54) is 41.7 Å². The summed E-state index contributed by atoms with van der Waals surface area (Å²) >= 11 is 7.48.